The van der Waals surface area contributed by atoms with Crippen LogP contribution in [0.4, 0.5) is 0 Å². The van der Waals surface area contributed by atoms with Crippen molar-refractivity contribution in [3.05, 3.63) is 53.3 Å². The molecular weight excluding hydrogens is 198 g/mol. The molecule has 0 spiro atoms. The van der Waals surface area contributed by atoms with Crippen LogP contribution in [0.3, 0.4) is 0 Å². The van der Waals surface area contributed by atoms with E-state index in [1.54, 1.807) is 0 Å². The maximum atomic E-state index is 9.11. The third-order valence-electron chi connectivity index (χ3n) is 2.72. The molecule has 0 aliphatic rings. The van der Waals surface area contributed by atoms with Crippen molar-refractivity contribution < 1.29 is 5.11 Å². The number of benzene rings is 1. The van der Waals surface area contributed by atoms with Crippen LogP contribution in [0.5, 0.6) is 0 Å². The molecule has 0 aliphatic heterocycles. The smallest absolute Gasteiger partial charge is 0.0684 e. The molecule has 1 N–H and O–H groups in total. The molecule has 0 aliphatic carbocycles. The van der Waals surface area contributed by atoms with Crippen molar-refractivity contribution in [2.75, 3.05) is 0 Å². The molecule has 2 rings (SSSR count). The van der Waals surface area contributed by atoms with Crippen molar-refractivity contribution >= 4 is 0 Å². The molecule has 0 saturated carbocycles. The lowest BCUT2D eigenvalue weighted by Crippen LogP contribution is -1.90. The Morgan fingerprint density at radius 3 is 2.50 bits per heavy atom. The van der Waals surface area contributed by atoms with E-state index in [4.69, 9.17) is 5.11 Å². The normalized spacial score (nSPS) is 10.4. The van der Waals surface area contributed by atoms with Crippen LogP contribution in [0.25, 0.3) is 11.1 Å². The summed E-state index contributed by atoms with van der Waals surface area (Å²) < 4.78 is 0. The van der Waals surface area contributed by atoms with Gasteiger partial charge >= 0.3 is 0 Å². The van der Waals surface area contributed by atoms with Gasteiger partial charge in [-0.25, -0.2) is 0 Å². The zero-order valence-corrected chi connectivity index (χ0v) is 9.57. The molecule has 0 fully saturated rings. The SMILES string of the molecule is Cc1cncc(-c2ccc(CO)c(C)c2)c1. The average molecular weight is 213 g/mol. The number of aryl methyl sites for hydroxylation is 2. The number of nitrogens with zero attached hydrogens (tertiary/aromatic N) is 1. The molecule has 82 valence electrons. The first-order valence-electron chi connectivity index (χ1n) is 5.33. The Balaban J connectivity index is 2.45. The van der Waals surface area contributed by atoms with Gasteiger partial charge < -0.3 is 5.11 Å². The van der Waals surface area contributed by atoms with Gasteiger partial charge in [-0.15, -0.1) is 0 Å². The maximum Gasteiger partial charge on any atom is 0.0684 e. The third kappa shape index (κ3) is 2.12. The maximum absolute atomic E-state index is 9.11. The summed E-state index contributed by atoms with van der Waals surface area (Å²) in [6.07, 6.45) is 3.71. The molecule has 0 atom stereocenters. The number of pyridine rings is 1. The van der Waals surface area contributed by atoms with Crippen molar-refractivity contribution in [1.29, 1.82) is 0 Å². The van der Waals surface area contributed by atoms with E-state index in [9.17, 15) is 0 Å². The van der Waals surface area contributed by atoms with Gasteiger partial charge in [-0.3, -0.25) is 4.98 Å². The second-order valence-corrected chi connectivity index (χ2v) is 4.05. The van der Waals surface area contributed by atoms with Crippen molar-refractivity contribution in [3.63, 3.8) is 0 Å². The Morgan fingerprint density at radius 1 is 1.06 bits per heavy atom. The molecule has 2 heteroatoms. The Hall–Kier alpha value is -1.67. The van der Waals surface area contributed by atoms with Crippen molar-refractivity contribution in [1.82, 2.24) is 4.98 Å². The highest BCUT2D eigenvalue weighted by molar-refractivity contribution is 5.64. The molecule has 0 radical (unpaired) electrons. The van der Waals surface area contributed by atoms with Crippen molar-refractivity contribution in [2.45, 2.75) is 20.5 Å². The molecule has 2 nitrogen and oxygen atoms in total. The van der Waals surface area contributed by atoms with E-state index in [1.165, 1.54) is 0 Å². The second-order valence-electron chi connectivity index (χ2n) is 4.05. The minimum atomic E-state index is 0.0954. The number of aliphatic hydroxyl groups is 1. The van der Waals surface area contributed by atoms with Crippen LogP contribution in [-0.2, 0) is 6.61 Å². The van der Waals surface area contributed by atoms with Crippen LogP contribution in [0.2, 0.25) is 0 Å². The number of aromatic nitrogens is 1. The fraction of sp³-hybridized carbons (Fsp3) is 0.214. The number of aliphatic hydroxyl groups excluding tert-OH is 1. The van der Waals surface area contributed by atoms with Crippen molar-refractivity contribution in [2.24, 2.45) is 0 Å². The van der Waals surface area contributed by atoms with Gasteiger partial charge in [0.05, 0.1) is 6.61 Å². The van der Waals surface area contributed by atoms with Crippen LogP contribution in [0.15, 0.2) is 36.7 Å². The van der Waals surface area contributed by atoms with Gasteiger partial charge in [0, 0.05) is 18.0 Å². The highest BCUT2D eigenvalue weighted by atomic mass is 16.3. The number of rotatable bonds is 2. The Morgan fingerprint density at radius 2 is 1.88 bits per heavy atom. The molecule has 0 unspecified atom stereocenters. The van der Waals surface area contributed by atoms with Gasteiger partial charge in [-0.1, -0.05) is 18.2 Å². The molecule has 0 amide bonds. The molecule has 1 aromatic heterocycles. The van der Waals surface area contributed by atoms with E-state index in [2.05, 4.69) is 17.1 Å². The second kappa shape index (κ2) is 4.45. The highest BCUT2D eigenvalue weighted by Gasteiger charge is 2.02. The highest BCUT2D eigenvalue weighted by Crippen LogP contribution is 2.22. The summed E-state index contributed by atoms with van der Waals surface area (Å²) in [5.41, 5.74) is 5.51. The van der Waals surface area contributed by atoms with Crippen molar-refractivity contribution in [3.8, 4) is 11.1 Å². The molecule has 16 heavy (non-hydrogen) atoms. The number of hydrogen-bond donors (Lipinski definition) is 1. The molecule has 2 aromatic rings. The van der Waals surface area contributed by atoms with Gasteiger partial charge in [0.15, 0.2) is 0 Å². The minimum Gasteiger partial charge on any atom is -0.392 e. The fourth-order valence-corrected chi connectivity index (χ4v) is 1.77. The summed E-state index contributed by atoms with van der Waals surface area (Å²) in [7, 11) is 0. The fourth-order valence-electron chi connectivity index (χ4n) is 1.77. The van der Waals surface area contributed by atoms with Crippen LogP contribution in [0, 0.1) is 13.8 Å². The Bertz CT molecular complexity index is 506. The quantitative estimate of drug-likeness (QED) is 0.832. The summed E-state index contributed by atoms with van der Waals surface area (Å²) in [5, 5.41) is 9.11. The summed E-state index contributed by atoms with van der Waals surface area (Å²) in [4.78, 5) is 4.18. The standard InChI is InChI=1S/C14H15NO/c1-10-5-14(8-15-7-10)12-3-4-13(9-16)11(2)6-12/h3-8,16H,9H2,1-2H3. The molecule has 0 bridgehead atoms. The first-order chi connectivity index (χ1) is 7.70. The van der Waals surface area contributed by atoms with Gasteiger partial charge in [0.2, 0.25) is 0 Å². The molecular formula is C14H15NO. The van der Waals surface area contributed by atoms with Crippen LogP contribution < -0.4 is 0 Å². The largest absolute Gasteiger partial charge is 0.392 e. The lowest BCUT2D eigenvalue weighted by atomic mass is 10.0. The number of hydrogen-bond acceptors (Lipinski definition) is 2. The lowest BCUT2D eigenvalue weighted by molar-refractivity contribution is 0.281. The first-order valence-corrected chi connectivity index (χ1v) is 5.33. The Kier molecular flexibility index (Phi) is 3.02. The van der Waals surface area contributed by atoms with Crippen LogP contribution in [-0.4, -0.2) is 10.1 Å². The summed E-state index contributed by atoms with van der Waals surface area (Å²) in [6.45, 7) is 4.14. The van der Waals surface area contributed by atoms with Gasteiger partial charge in [-0.05, 0) is 42.2 Å². The van der Waals surface area contributed by atoms with Gasteiger partial charge in [-0.2, -0.15) is 0 Å². The molecule has 1 heterocycles. The van der Waals surface area contributed by atoms with E-state index in [-0.39, 0.29) is 6.61 Å². The van der Waals surface area contributed by atoms with Gasteiger partial charge in [0.25, 0.3) is 0 Å². The van der Waals surface area contributed by atoms with Gasteiger partial charge in [0.1, 0.15) is 0 Å². The zero-order chi connectivity index (χ0) is 11.5. The predicted molar refractivity (Wildman–Crippen MR) is 65.1 cm³/mol. The molecule has 0 saturated heterocycles. The predicted octanol–water partition coefficient (Wildman–Crippen LogP) is 2.86. The average Bonchev–Trinajstić information content (AvgIpc) is 2.29. The lowest BCUT2D eigenvalue weighted by Gasteiger charge is -2.07. The topological polar surface area (TPSA) is 33.1 Å². The third-order valence-corrected chi connectivity index (χ3v) is 2.72. The van der Waals surface area contributed by atoms with E-state index < -0.39 is 0 Å². The van der Waals surface area contributed by atoms with E-state index in [1.807, 2.05) is 38.4 Å². The summed E-state index contributed by atoms with van der Waals surface area (Å²) in [6, 6.07) is 8.18. The van der Waals surface area contributed by atoms with E-state index >= 15 is 0 Å². The first kappa shape index (κ1) is 10.8. The van der Waals surface area contributed by atoms with Crippen LogP contribution >= 0.6 is 0 Å². The van der Waals surface area contributed by atoms with E-state index in [0.717, 1.165) is 27.8 Å². The molecule has 1 aromatic carbocycles. The summed E-state index contributed by atoms with van der Waals surface area (Å²) in [5.74, 6) is 0. The van der Waals surface area contributed by atoms with Crippen LogP contribution in [0.1, 0.15) is 16.7 Å². The monoisotopic (exact) mass is 213 g/mol. The summed E-state index contributed by atoms with van der Waals surface area (Å²) >= 11 is 0. The minimum absolute atomic E-state index is 0.0954. The zero-order valence-electron chi connectivity index (χ0n) is 9.57. The Labute approximate surface area is 95.6 Å². The van der Waals surface area contributed by atoms with E-state index in [0.29, 0.717) is 0 Å².